The molecule has 28 heavy (non-hydrogen) atoms. The Bertz CT molecular complexity index is 1040. The van der Waals surface area contributed by atoms with Crippen molar-refractivity contribution in [2.24, 2.45) is 0 Å². The Hall–Kier alpha value is -3.41. The minimum absolute atomic E-state index is 0.349. The van der Waals surface area contributed by atoms with Crippen LogP contribution in [0.4, 0.5) is 0 Å². The topological polar surface area (TPSA) is 74.4 Å². The van der Waals surface area contributed by atoms with Gasteiger partial charge < -0.3 is 9.30 Å². The lowest BCUT2D eigenvalue weighted by Crippen LogP contribution is -2.23. The summed E-state index contributed by atoms with van der Waals surface area (Å²) in [6.45, 7) is 6.09. The number of ether oxygens (including phenoxy) is 1. The van der Waals surface area contributed by atoms with Gasteiger partial charge in [-0.05, 0) is 44.5 Å². The molecule has 3 aromatic rings. The first-order valence-electron chi connectivity index (χ1n) is 8.95. The number of fused-ring (bicyclic) bond motifs is 1. The van der Waals surface area contributed by atoms with Crippen LogP contribution in [0.25, 0.3) is 17.0 Å². The van der Waals surface area contributed by atoms with Crippen LogP contribution in [0, 0.1) is 10.1 Å². The van der Waals surface area contributed by atoms with Crippen molar-refractivity contribution in [3.05, 3.63) is 87.7 Å². The van der Waals surface area contributed by atoms with E-state index >= 15 is 0 Å². The summed E-state index contributed by atoms with van der Waals surface area (Å²) in [6, 6.07) is 15.1. The number of hydrogen-bond donors (Lipinski definition) is 0. The van der Waals surface area contributed by atoms with Crippen molar-refractivity contribution in [2.75, 3.05) is 0 Å². The summed E-state index contributed by atoms with van der Waals surface area (Å²) in [7, 11) is 0. The number of carbonyl (C=O) groups excluding carboxylic acids is 1. The molecule has 2 aromatic carbocycles. The Morgan fingerprint density at radius 3 is 2.46 bits per heavy atom. The van der Waals surface area contributed by atoms with Crippen molar-refractivity contribution in [3.63, 3.8) is 0 Å². The van der Waals surface area contributed by atoms with Gasteiger partial charge in [-0.1, -0.05) is 30.3 Å². The third-order valence-corrected chi connectivity index (χ3v) is 4.14. The fourth-order valence-corrected chi connectivity index (χ4v) is 2.96. The van der Waals surface area contributed by atoms with Crippen LogP contribution < -0.4 is 0 Å². The zero-order chi connectivity index (χ0) is 20.3. The summed E-state index contributed by atoms with van der Waals surface area (Å²) in [5, 5.41) is 11.6. The molecule has 1 heterocycles. The monoisotopic (exact) mass is 378 g/mol. The highest BCUT2D eigenvalue weighted by molar-refractivity contribution is 5.90. The second-order valence-electron chi connectivity index (χ2n) is 7.53. The van der Waals surface area contributed by atoms with Crippen molar-refractivity contribution in [3.8, 4) is 0 Å². The van der Waals surface area contributed by atoms with Gasteiger partial charge in [0.15, 0.2) is 0 Å². The standard InChI is InChI=1S/C22H22N2O4/c1-22(2,3)28-21(25)17-10-8-16(9-11-17)14-23-15-18(12-13-24(26)27)19-6-4-5-7-20(19)23/h4-13,15H,14H2,1-3H3/b13-12+. The van der Waals surface area contributed by atoms with Crippen LogP contribution in [0.2, 0.25) is 0 Å². The maximum Gasteiger partial charge on any atom is 0.338 e. The Morgan fingerprint density at radius 2 is 1.82 bits per heavy atom. The molecule has 0 bridgehead atoms. The Morgan fingerprint density at radius 1 is 1.14 bits per heavy atom. The summed E-state index contributed by atoms with van der Waals surface area (Å²) in [5.41, 5.74) is 2.76. The van der Waals surface area contributed by atoms with E-state index in [1.807, 2.05) is 67.9 Å². The highest BCUT2D eigenvalue weighted by atomic mass is 16.6. The number of carbonyl (C=O) groups is 1. The summed E-state index contributed by atoms with van der Waals surface area (Å²) < 4.78 is 7.42. The first-order valence-corrected chi connectivity index (χ1v) is 8.95. The van der Waals surface area contributed by atoms with E-state index < -0.39 is 10.5 Å². The number of rotatable bonds is 5. The highest BCUT2D eigenvalue weighted by Gasteiger charge is 2.17. The second-order valence-corrected chi connectivity index (χ2v) is 7.53. The minimum Gasteiger partial charge on any atom is -0.456 e. The molecule has 0 aliphatic rings. The van der Waals surface area contributed by atoms with Crippen LogP contribution in [0.3, 0.4) is 0 Å². The quantitative estimate of drug-likeness (QED) is 0.360. The number of nitrogens with zero attached hydrogens (tertiary/aromatic N) is 2. The van der Waals surface area contributed by atoms with E-state index in [1.165, 1.54) is 6.08 Å². The molecular weight excluding hydrogens is 356 g/mol. The largest absolute Gasteiger partial charge is 0.456 e. The molecule has 1 aromatic heterocycles. The van der Waals surface area contributed by atoms with E-state index in [0.717, 1.165) is 28.2 Å². The van der Waals surface area contributed by atoms with E-state index in [0.29, 0.717) is 12.1 Å². The molecule has 144 valence electrons. The predicted molar refractivity (Wildman–Crippen MR) is 109 cm³/mol. The molecule has 0 spiro atoms. The number of aromatic nitrogens is 1. The molecule has 0 aliphatic heterocycles. The lowest BCUT2D eigenvalue weighted by atomic mass is 10.1. The van der Waals surface area contributed by atoms with E-state index in [2.05, 4.69) is 0 Å². The van der Waals surface area contributed by atoms with Gasteiger partial charge in [-0.3, -0.25) is 10.1 Å². The van der Waals surface area contributed by atoms with Crippen LogP contribution in [-0.2, 0) is 11.3 Å². The molecule has 0 unspecified atom stereocenters. The van der Waals surface area contributed by atoms with Crippen LogP contribution in [-0.4, -0.2) is 21.1 Å². The zero-order valence-electron chi connectivity index (χ0n) is 16.1. The zero-order valence-corrected chi connectivity index (χ0v) is 16.1. The van der Waals surface area contributed by atoms with E-state index in [9.17, 15) is 14.9 Å². The van der Waals surface area contributed by atoms with Gasteiger partial charge in [0, 0.05) is 35.3 Å². The minimum atomic E-state index is -0.534. The summed E-state index contributed by atoms with van der Waals surface area (Å²) in [4.78, 5) is 22.3. The van der Waals surface area contributed by atoms with Crippen molar-refractivity contribution in [1.29, 1.82) is 0 Å². The number of esters is 1. The average molecular weight is 378 g/mol. The summed E-state index contributed by atoms with van der Waals surface area (Å²) in [6.07, 6.45) is 4.35. The Kier molecular flexibility index (Phi) is 5.31. The van der Waals surface area contributed by atoms with Gasteiger partial charge >= 0.3 is 5.97 Å². The van der Waals surface area contributed by atoms with Crippen molar-refractivity contribution >= 4 is 22.9 Å². The smallest absolute Gasteiger partial charge is 0.338 e. The molecule has 0 amide bonds. The first-order chi connectivity index (χ1) is 13.2. The molecule has 6 nitrogen and oxygen atoms in total. The fourth-order valence-electron chi connectivity index (χ4n) is 2.96. The molecule has 0 saturated heterocycles. The lowest BCUT2D eigenvalue weighted by molar-refractivity contribution is -0.400. The highest BCUT2D eigenvalue weighted by Crippen LogP contribution is 2.24. The number of nitro groups is 1. The van der Waals surface area contributed by atoms with E-state index in [1.54, 1.807) is 12.1 Å². The van der Waals surface area contributed by atoms with Crippen LogP contribution in [0.1, 0.15) is 42.3 Å². The maximum atomic E-state index is 12.1. The number of para-hydroxylation sites is 1. The SMILES string of the molecule is CC(C)(C)OC(=O)c1ccc(Cn2cc(/C=C/[N+](=O)[O-])c3ccccc32)cc1. The third kappa shape index (κ3) is 4.65. The number of hydrogen-bond acceptors (Lipinski definition) is 4. The van der Waals surface area contributed by atoms with Gasteiger partial charge in [-0.25, -0.2) is 4.79 Å². The van der Waals surface area contributed by atoms with Crippen LogP contribution >= 0.6 is 0 Å². The van der Waals surface area contributed by atoms with E-state index in [-0.39, 0.29) is 5.97 Å². The van der Waals surface area contributed by atoms with Gasteiger partial charge in [0.1, 0.15) is 5.60 Å². The molecule has 6 heteroatoms. The van der Waals surface area contributed by atoms with Gasteiger partial charge in [-0.2, -0.15) is 0 Å². The third-order valence-electron chi connectivity index (χ3n) is 4.14. The van der Waals surface area contributed by atoms with Crippen molar-refractivity contribution < 1.29 is 14.5 Å². The maximum absolute atomic E-state index is 12.1. The molecule has 0 radical (unpaired) electrons. The van der Waals surface area contributed by atoms with Gasteiger partial charge in [0.2, 0.25) is 6.20 Å². The summed E-state index contributed by atoms with van der Waals surface area (Å²) >= 11 is 0. The van der Waals surface area contributed by atoms with Gasteiger partial charge in [-0.15, -0.1) is 0 Å². The predicted octanol–water partition coefficient (Wildman–Crippen LogP) is 4.89. The number of benzene rings is 2. The molecule has 0 aliphatic carbocycles. The molecule has 0 fully saturated rings. The lowest BCUT2D eigenvalue weighted by Gasteiger charge is -2.19. The molecule has 0 N–H and O–H groups in total. The van der Waals surface area contributed by atoms with Gasteiger partial charge in [0.05, 0.1) is 10.5 Å². The van der Waals surface area contributed by atoms with E-state index in [4.69, 9.17) is 4.74 Å². The Labute approximate surface area is 163 Å². The second kappa shape index (κ2) is 7.68. The normalized spacial score (nSPS) is 11.8. The Balaban J connectivity index is 1.85. The van der Waals surface area contributed by atoms with Crippen molar-refractivity contribution in [2.45, 2.75) is 32.9 Å². The fraction of sp³-hybridized carbons (Fsp3) is 0.227. The average Bonchev–Trinajstić information content (AvgIpc) is 2.97. The first kappa shape index (κ1) is 19.4. The van der Waals surface area contributed by atoms with Crippen LogP contribution in [0.5, 0.6) is 0 Å². The molecule has 0 saturated carbocycles. The molecule has 0 atom stereocenters. The van der Waals surface area contributed by atoms with Crippen LogP contribution in [0.15, 0.2) is 60.9 Å². The van der Waals surface area contributed by atoms with Crippen molar-refractivity contribution in [1.82, 2.24) is 4.57 Å². The molecular formula is C22H22N2O4. The van der Waals surface area contributed by atoms with Gasteiger partial charge in [0.25, 0.3) is 0 Å². The molecule has 3 rings (SSSR count). The summed E-state index contributed by atoms with van der Waals surface area (Å²) in [5.74, 6) is -0.349.